The molecule has 0 unspecified atom stereocenters. The molecule has 1 aliphatic heterocycles. The van der Waals surface area contributed by atoms with Crippen molar-refractivity contribution in [3.63, 3.8) is 0 Å². The number of nitrogens with one attached hydrogen (secondary N) is 1. The van der Waals surface area contributed by atoms with Gasteiger partial charge in [0, 0.05) is 30.4 Å². The number of aryl methyl sites for hydroxylation is 2. The van der Waals surface area contributed by atoms with E-state index in [9.17, 15) is 18.8 Å². The van der Waals surface area contributed by atoms with Crippen LogP contribution in [-0.2, 0) is 13.2 Å². The summed E-state index contributed by atoms with van der Waals surface area (Å²) in [7, 11) is 0. The molecule has 3 heterocycles. The highest BCUT2D eigenvalue weighted by molar-refractivity contribution is 6.23. The maximum atomic E-state index is 14.7. The van der Waals surface area contributed by atoms with Gasteiger partial charge >= 0.3 is 0 Å². The molecule has 0 radical (unpaired) electrons. The van der Waals surface area contributed by atoms with Crippen molar-refractivity contribution in [1.82, 2.24) is 19.7 Å². The second-order valence-electron chi connectivity index (χ2n) is 6.77. The van der Waals surface area contributed by atoms with Crippen LogP contribution in [0, 0.1) is 12.7 Å². The van der Waals surface area contributed by atoms with E-state index in [4.69, 9.17) is 10.5 Å². The van der Waals surface area contributed by atoms with Crippen LogP contribution in [0.15, 0.2) is 35.3 Å². The van der Waals surface area contributed by atoms with E-state index >= 15 is 0 Å². The van der Waals surface area contributed by atoms with Gasteiger partial charge in [0.05, 0.1) is 22.5 Å². The molecule has 3 aromatic rings. The summed E-state index contributed by atoms with van der Waals surface area (Å²) in [6, 6.07) is 4.90. The number of fused-ring (bicyclic) bond motifs is 1. The van der Waals surface area contributed by atoms with Crippen LogP contribution in [0.4, 0.5) is 10.2 Å². The first-order valence-corrected chi connectivity index (χ1v) is 9.17. The molecule has 10 heteroatoms. The molecule has 0 saturated heterocycles. The van der Waals surface area contributed by atoms with Gasteiger partial charge in [0.15, 0.2) is 11.6 Å². The van der Waals surface area contributed by atoms with Gasteiger partial charge in [-0.3, -0.25) is 28.9 Å². The van der Waals surface area contributed by atoms with Crippen LogP contribution < -0.4 is 21.3 Å². The maximum Gasteiger partial charge on any atom is 0.262 e. The Balaban J connectivity index is 1.65. The molecule has 154 valence electrons. The number of imide groups is 1. The largest absolute Gasteiger partial charge is 0.486 e. The first-order chi connectivity index (χ1) is 14.3. The topological polar surface area (TPSA) is 121 Å². The van der Waals surface area contributed by atoms with Crippen molar-refractivity contribution in [2.75, 3.05) is 5.73 Å². The van der Waals surface area contributed by atoms with E-state index in [0.29, 0.717) is 6.54 Å². The van der Waals surface area contributed by atoms with Gasteiger partial charge in [-0.1, -0.05) is 0 Å². The number of carbonyl (C=O) groups excluding carboxylic acids is 2. The predicted molar refractivity (Wildman–Crippen MR) is 105 cm³/mol. The Morgan fingerprint density at radius 3 is 2.63 bits per heavy atom. The highest BCUT2D eigenvalue weighted by Gasteiger charge is 2.32. The molecule has 1 aliphatic rings. The van der Waals surface area contributed by atoms with Crippen LogP contribution in [0.2, 0.25) is 0 Å². The molecular formula is C20H18FN5O4. The van der Waals surface area contributed by atoms with Crippen molar-refractivity contribution in [1.29, 1.82) is 0 Å². The van der Waals surface area contributed by atoms with E-state index in [-0.39, 0.29) is 35.0 Å². The minimum absolute atomic E-state index is 0.0110. The smallest absolute Gasteiger partial charge is 0.262 e. The summed E-state index contributed by atoms with van der Waals surface area (Å²) < 4.78 is 22.9. The zero-order valence-corrected chi connectivity index (χ0v) is 16.2. The standard InChI is InChI=1S/C20H18FN5O4/c1-3-25-8-11(10(2)24-25)9-30-15-5-4-12(6-14(15)21)26-16(27)7-13-17(18(26)22)20(29)23-19(13)28/h4-8H,3,9,22H2,1-2H3,(H,23,28,29). The molecule has 0 fully saturated rings. The summed E-state index contributed by atoms with van der Waals surface area (Å²) in [5.41, 5.74) is 6.82. The quantitative estimate of drug-likeness (QED) is 0.615. The number of halogens is 1. The minimum atomic E-state index is -0.708. The van der Waals surface area contributed by atoms with E-state index in [2.05, 4.69) is 10.4 Å². The van der Waals surface area contributed by atoms with Gasteiger partial charge in [0.2, 0.25) is 0 Å². The van der Waals surface area contributed by atoms with E-state index in [1.54, 1.807) is 4.68 Å². The first-order valence-electron chi connectivity index (χ1n) is 9.17. The second-order valence-corrected chi connectivity index (χ2v) is 6.77. The van der Waals surface area contributed by atoms with Crippen LogP contribution in [0.25, 0.3) is 5.69 Å². The van der Waals surface area contributed by atoms with E-state index in [1.165, 1.54) is 12.1 Å². The van der Waals surface area contributed by atoms with Crippen molar-refractivity contribution in [3.05, 3.63) is 69.0 Å². The summed E-state index contributed by atoms with van der Waals surface area (Å²) in [5, 5.41) is 6.39. The third kappa shape index (κ3) is 3.11. The number of anilines is 1. The zero-order valence-electron chi connectivity index (χ0n) is 16.2. The molecule has 0 atom stereocenters. The van der Waals surface area contributed by atoms with Crippen molar-refractivity contribution in [2.24, 2.45) is 0 Å². The summed E-state index contributed by atoms with van der Waals surface area (Å²) in [6.45, 7) is 4.64. The van der Waals surface area contributed by atoms with Crippen LogP contribution in [-0.4, -0.2) is 26.2 Å². The van der Waals surface area contributed by atoms with Crippen LogP contribution in [0.1, 0.15) is 38.9 Å². The van der Waals surface area contributed by atoms with Gasteiger partial charge in [-0.25, -0.2) is 4.39 Å². The van der Waals surface area contributed by atoms with Crippen molar-refractivity contribution < 1.29 is 18.7 Å². The molecule has 9 nitrogen and oxygen atoms in total. The summed E-state index contributed by atoms with van der Waals surface area (Å²) >= 11 is 0. The van der Waals surface area contributed by atoms with Gasteiger partial charge in [-0.05, 0) is 26.0 Å². The average molecular weight is 411 g/mol. The molecule has 2 aromatic heterocycles. The number of ether oxygens (including phenoxy) is 1. The summed E-state index contributed by atoms with van der Waals surface area (Å²) in [4.78, 5) is 36.2. The second kappa shape index (κ2) is 7.14. The third-order valence-electron chi connectivity index (χ3n) is 4.88. The lowest BCUT2D eigenvalue weighted by molar-refractivity contribution is 0.0880. The summed E-state index contributed by atoms with van der Waals surface area (Å²) in [5.74, 6) is -2.35. The molecule has 1 aromatic carbocycles. The Hall–Kier alpha value is -3.95. The van der Waals surface area contributed by atoms with Gasteiger partial charge in [-0.2, -0.15) is 5.10 Å². The lowest BCUT2D eigenvalue weighted by Gasteiger charge is -2.13. The van der Waals surface area contributed by atoms with Gasteiger partial charge < -0.3 is 10.5 Å². The van der Waals surface area contributed by atoms with Crippen LogP contribution >= 0.6 is 0 Å². The minimum Gasteiger partial charge on any atom is -0.486 e. The molecule has 0 spiro atoms. The highest BCUT2D eigenvalue weighted by Crippen LogP contribution is 2.26. The Bertz CT molecular complexity index is 1260. The number of rotatable bonds is 5. The molecule has 0 bridgehead atoms. The molecule has 30 heavy (non-hydrogen) atoms. The van der Waals surface area contributed by atoms with Crippen molar-refractivity contribution in [2.45, 2.75) is 27.0 Å². The Morgan fingerprint density at radius 1 is 1.20 bits per heavy atom. The van der Waals surface area contributed by atoms with E-state index < -0.39 is 23.2 Å². The number of pyridine rings is 1. The fourth-order valence-electron chi connectivity index (χ4n) is 3.31. The highest BCUT2D eigenvalue weighted by atomic mass is 19.1. The molecule has 0 aliphatic carbocycles. The van der Waals surface area contributed by atoms with Crippen molar-refractivity contribution in [3.8, 4) is 11.4 Å². The lowest BCUT2D eigenvalue weighted by atomic mass is 10.1. The van der Waals surface area contributed by atoms with Gasteiger partial charge in [0.1, 0.15) is 12.4 Å². The molecule has 3 N–H and O–H groups in total. The monoisotopic (exact) mass is 411 g/mol. The van der Waals surface area contributed by atoms with Crippen molar-refractivity contribution >= 4 is 17.6 Å². The van der Waals surface area contributed by atoms with E-state index in [1.807, 2.05) is 20.0 Å². The molecule has 0 saturated carbocycles. The number of benzene rings is 1. The Kier molecular flexibility index (Phi) is 4.61. The number of nitrogens with two attached hydrogens (primary N) is 1. The zero-order chi connectivity index (χ0) is 21.6. The number of hydrogen-bond acceptors (Lipinski definition) is 6. The Labute approximate surface area is 169 Å². The molecule has 2 amide bonds. The normalized spacial score (nSPS) is 12.8. The Morgan fingerprint density at radius 2 is 1.97 bits per heavy atom. The maximum absolute atomic E-state index is 14.7. The fourth-order valence-corrected chi connectivity index (χ4v) is 3.31. The van der Waals surface area contributed by atoms with Gasteiger partial charge in [0.25, 0.3) is 17.4 Å². The molecular weight excluding hydrogens is 393 g/mol. The number of nitrogens with zero attached hydrogens (tertiary/aromatic N) is 3. The van der Waals surface area contributed by atoms with Crippen LogP contribution in [0.5, 0.6) is 5.75 Å². The number of aromatic nitrogens is 3. The first kappa shape index (κ1) is 19.4. The average Bonchev–Trinajstić information content (AvgIpc) is 3.19. The fraction of sp³-hybridized carbons (Fsp3) is 0.200. The SMILES string of the molecule is CCn1cc(COc2ccc(-n3c(N)c4c(cc3=O)C(=O)NC4=O)cc2F)c(C)n1. The third-order valence-corrected chi connectivity index (χ3v) is 4.88. The number of nitrogen functional groups attached to an aromatic ring is 1. The number of carbonyl (C=O) groups is 2. The summed E-state index contributed by atoms with van der Waals surface area (Å²) in [6.07, 6.45) is 1.83. The number of hydrogen-bond donors (Lipinski definition) is 2. The van der Waals surface area contributed by atoms with Crippen LogP contribution in [0.3, 0.4) is 0 Å². The van der Waals surface area contributed by atoms with E-state index in [0.717, 1.165) is 28.0 Å². The molecule has 4 rings (SSSR count). The number of amides is 2. The lowest BCUT2D eigenvalue weighted by Crippen LogP contribution is -2.24. The van der Waals surface area contributed by atoms with Gasteiger partial charge in [-0.15, -0.1) is 0 Å². The predicted octanol–water partition coefficient (Wildman–Crippen LogP) is 1.55.